The first-order chi connectivity index (χ1) is 18.4. The number of nitrogens with zero attached hydrogens (tertiary/aromatic N) is 2. The first-order valence-corrected chi connectivity index (χ1v) is 14.1. The summed E-state index contributed by atoms with van der Waals surface area (Å²) in [5.74, 6) is -0.192. The Morgan fingerprint density at radius 2 is 1.28 bits per heavy atom. The molecule has 0 radical (unpaired) electrons. The molecule has 200 valence electrons. The number of anilines is 3. The summed E-state index contributed by atoms with van der Waals surface area (Å²) in [6, 6.07) is 27.3. The van der Waals surface area contributed by atoms with E-state index in [9.17, 15) is 5.26 Å². The van der Waals surface area contributed by atoms with Crippen molar-refractivity contribution in [3.8, 4) is 6.07 Å². The van der Waals surface area contributed by atoms with E-state index in [2.05, 4.69) is 125 Å². The van der Waals surface area contributed by atoms with Gasteiger partial charge in [0.25, 0.3) is 0 Å². The van der Waals surface area contributed by atoms with Crippen molar-refractivity contribution in [1.82, 2.24) is 0 Å². The fourth-order valence-electron chi connectivity index (χ4n) is 5.78. The number of hydrogen-bond donors (Lipinski definition) is 1. The normalized spacial score (nSPS) is 17.5. The molecule has 0 amide bonds. The Balaban J connectivity index is 1.57. The first-order valence-electron chi connectivity index (χ1n) is 14.1. The number of rotatable bonds is 3. The van der Waals surface area contributed by atoms with Crippen LogP contribution in [0.4, 0.5) is 17.1 Å². The van der Waals surface area contributed by atoms with Gasteiger partial charge in [-0.2, -0.15) is 5.26 Å². The van der Waals surface area contributed by atoms with E-state index in [1.54, 1.807) is 0 Å². The van der Waals surface area contributed by atoms with E-state index in [0.717, 1.165) is 42.7 Å². The van der Waals surface area contributed by atoms with Crippen LogP contribution in [0.25, 0.3) is 0 Å². The molecule has 0 aromatic heterocycles. The number of allylic oxidation sites excluding steroid dienone is 4. The summed E-state index contributed by atoms with van der Waals surface area (Å²) in [6.07, 6.45) is 5.69. The van der Waals surface area contributed by atoms with Crippen molar-refractivity contribution in [2.45, 2.75) is 78.1 Å². The van der Waals surface area contributed by atoms with Crippen molar-refractivity contribution < 1.29 is 0 Å². The second-order valence-electron chi connectivity index (χ2n) is 13.2. The van der Waals surface area contributed by atoms with Crippen LogP contribution in [0.15, 0.2) is 89.6 Å². The lowest BCUT2D eigenvalue weighted by molar-refractivity contribution is 0.590. The minimum absolute atomic E-state index is 0.104. The number of nitriles is 1. The van der Waals surface area contributed by atoms with Gasteiger partial charge in [0.2, 0.25) is 0 Å². The van der Waals surface area contributed by atoms with Crippen molar-refractivity contribution in [1.29, 1.82) is 5.26 Å². The van der Waals surface area contributed by atoms with Gasteiger partial charge in [-0.05, 0) is 107 Å². The number of fused-ring (bicyclic) bond motifs is 1. The molecule has 0 aliphatic heterocycles. The topological polar surface area (TPSA) is 53.0 Å². The highest BCUT2D eigenvalue weighted by atomic mass is 15.1. The van der Waals surface area contributed by atoms with Crippen LogP contribution in [0.3, 0.4) is 0 Å². The fourth-order valence-corrected chi connectivity index (χ4v) is 5.78. The summed E-state index contributed by atoms with van der Waals surface area (Å²) in [4.78, 5) is 2.37. The quantitative estimate of drug-likeness (QED) is 0.379. The molecule has 0 saturated heterocycles. The van der Waals surface area contributed by atoms with Crippen molar-refractivity contribution in [2.75, 3.05) is 4.90 Å². The Morgan fingerprint density at radius 1 is 0.744 bits per heavy atom. The molecule has 0 saturated carbocycles. The summed E-state index contributed by atoms with van der Waals surface area (Å²) in [7, 11) is 0. The van der Waals surface area contributed by atoms with Crippen LogP contribution in [-0.4, -0.2) is 0 Å². The van der Waals surface area contributed by atoms with Gasteiger partial charge in [0.15, 0.2) is 0 Å². The largest absolute Gasteiger partial charge is 0.401 e. The molecule has 1 unspecified atom stereocenters. The lowest BCUT2D eigenvalue weighted by Gasteiger charge is -2.28. The number of hydrogen-bond acceptors (Lipinski definition) is 3. The standard InChI is InChI=1S/C36H41N3/c1-35(2,3)29-10-15-31(16-11-29)39(32-17-12-30(13-18-32)36(4,5)6)33-14-9-24-7-8-25-19-28(23-37)34(38)22-27(25)20-26(24)21-33/h9-18,21-22,28H,7-8,19-20,38H2,1-6H3. The second kappa shape index (κ2) is 10.1. The minimum atomic E-state index is -0.192. The van der Waals surface area contributed by atoms with Gasteiger partial charge >= 0.3 is 0 Å². The number of benzene rings is 3. The molecule has 1 atom stereocenters. The zero-order valence-electron chi connectivity index (χ0n) is 24.3. The molecular weight excluding hydrogens is 474 g/mol. The van der Waals surface area contributed by atoms with Crippen LogP contribution in [0.5, 0.6) is 0 Å². The van der Waals surface area contributed by atoms with E-state index >= 15 is 0 Å². The average Bonchev–Trinajstić information content (AvgIpc) is 3.06. The van der Waals surface area contributed by atoms with E-state index in [1.165, 1.54) is 33.4 Å². The lowest BCUT2D eigenvalue weighted by atomic mass is 9.85. The summed E-state index contributed by atoms with van der Waals surface area (Å²) < 4.78 is 0. The number of nitrogens with two attached hydrogens (primary N) is 1. The van der Waals surface area contributed by atoms with E-state index in [-0.39, 0.29) is 16.7 Å². The highest BCUT2D eigenvalue weighted by Crippen LogP contribution is 2.40. The molecule has 39 heavy (non-hydrogen) atoms. The van der Waals surface area contributed by atoms with Gasteiger partial charge in [0, 0.05) is 22.8 Å². The van der Waals surface area contributed by atoms with Gasteiger partial charge in [0.05, 0.1) is 12.0 Å². The van der Waals surface area contributed by atoms with E-state index < -0.39 is 0 Å². The molecule has 0 spiro atoms. The highest BCUT2D eigenvalue weighted by Gasteiger charge is 2.25. The third-order valence-corrected chi connectivity index (χ3v) is 8.31. The summed E-state index contributed by atoms with van der Waals surface area (Å²) in [5.41, 5.74) is 18.7. The minimum Gasteiger partial charge on any atom is -0.401 e. The molecule has 0 bridgehead atoms. The van der Waals surface area contributed by atoms with E-state index in [4.69, 9.17) is 5.73 Å². The first kappa shape index (κ1) is 26.8. The van der Waals surface area contributed by atoms with Crippen molar-refractivity contribution >= 4 is 17.1 Å². The molecule has 3 nitrogen and oxygen atoms in total. The van der Waals surface area contributed by atoms with Gasteiger partial charge in [0.1, 0.15) is 0 Å². The molecule has 3 aromatic carbocycles. The maximum atomic E-state index is 9.53. The highest BCUT2D eigenvalue weighted by molar-refractivity contribution is 5.77. The monoisotopic (exact) mass is 515 g/mol. The second-order valence-corrected chi connectivity index (χ2v) is 13.2. The maximum Gasteiger partial charge on any atom is 0.0894 e. The van der Waals surface area contributed by atoms with Crippen LogP contribution in [-0.2, 0) is 23.7 Å². The Morgan fingerprint density at radius 3 is 1.79 bits per heavy atom. The average molecular weight is 516 g/mol. The SMILES string of the molecule is CC(C)(C)c1ccc(N(c2ccc(C(C)(C)C)cc2)c2ccc3c(c2)CC2=C(CC3)CC(C#N)C(N)=C2)cc1. The van der Waals surface area contributed by atoms with Gasteiger partial charge in [-0.1, -0.05) is 77.4 Å². The third-order valence-electron chi connectivity index (χ3n) is 8.31. The Labute approximate surface area is 234 Å². The van der Waals surface area contributed by atoms with Gasteiger partial charge in [-0.25, -0.2) is 0 Å². The van der Waals surface area contributed by atoms with Gasteiger partial charge in [-0.15, -0.1) is 0 Å². The Bertz CT molecular complexity index is 1410. The van der Waals surface area contributed by atoms with Gasteiger partial charge in [-0.3, -0.25) is 0 Å². The van der Waals surface area contributed by atoms with Crippen LogP contribution >= 0.6 is 0 Å². The molecule has 2 N–H and O–H groups in total. The van der Waals surface area contributed by atoms with Crippen LogP contribution in [0.2, 0.25) is 0 Å². The maximum absolute atomic E-state index is 9.53. The molecule has 0 fully saturated rings. The fraction of sp³-hybridized carbons (Fsp3) is 0.361. The smallest absolute Gasteiger partial charge is 0.0894 e. The predicted molar refractivity (Wildman–Crippen MR) is 164 cm³/mol. The molecule has 3 heteroatoms. The number of aryl methyl sites for hydroxylation is 1. The van der Waals surface area contributed by atoms with Crippen molar-refractivity contribution in [2.24, 2.45) is 11.7 Å². The summed E-state index contributed by atoms with van der Waals surface area (Å²) in [6.45, 7) is 13.5. The van der Waals surface area contributed by atoms with Crippen LogP contribution in [0.1, 0.15) is 76.6 Å². The third kappa shape index (κ3) is 5.52. The summed E-state index contributed by atoms with van der Waals surface area (Å²) in [5, 5.41) is 9.53. The van der Waals surface area contributed by atoms with Crippen molar-refractivity contribution in [3.05, 3.63) is 112 Å². The zero-order chi connectivity index (χ0) is 27.9. The predicted octanol–water partition coefficient (Wildman–Crippen LogP) is 8.92. The molecule has 5 rings (SSSR count). The molecule has 3 aromatic rings. The lowest BCUT2D eigenvalue weighted by Crippen LogP contribution is -2.16. The Hall–Kier alpha value is -3.77. The molecule has 2 aliphatic rings. The van der Waals surface area contributed by atoms with Gasteiger partial charge < -0.3 is 10.6 Å². The van der Waals surface area contributed by atoms with E-state index in [0.29, 0.717) is 5.70 Å². The molecule has 2 aliphatic carbocycles. The van der Waals surface area contributed by atoms with E-state index in [1.807, 2.05) is 0 Å². The zero-order valence-corrected chi connectivity index (χ0v) is 24.3. The van der Waals surface area contributed by atoms with Crippen LogP contribution in [0, 0.1) is 17.2 Å². The molecular formula is C36H41N3. The van der Waals surface area contributed by atoms with Crippen molar-refractivity contribution in [3.63, 3.8) is 0 Å². The molecule has 0 heterocycles. The Kier molecular flexibility index (Phi) is 6.93. The summed E-state index contributed by atoms with van der Waals surface area (Å²) >= 11 is 0. The van der Waals surface area contributed by atoms with Crippen LogP contribution < -0.4 is 10.6 Å².